The second kappa shape index (κ2) is 6.95. The Labute approximate surface area is 125 Å². The Morgan fingerprint density at radius 3 is 2.90 bits per heavy atom. The minimum atomic E-state index is -0.303. The summed E-state index contributed by atoms with van der Waals surface area (Å²) in [5.74, 6) is 0.754. The lowest BCUT2D eigenvalue weighted by Gasteiger charge is -2.11. The summed E-state index contributed by atoms with van der Waals surface area (Å²) in [6, 6.07) is 4.72. The van der Waals surface area contributed by atoms with E-state index in [-0.39, 0.29) is 5.82 Å². The lowest BCUT2D eigenvalue weighted by Crippen LogP contribution is -2.27. The molecule has 4 nitrogen and oxygen atoms in total. The van der Waals surface area contributed by atoms with Crippen molar-refractivity contribution in [3.63, 3.8) is 0 Å². The van der Waals surface area contributed by atoms with Crippen molar-refractivity contribution in [3.8, 4) is 11.4 Å². The second-order valence-electron chi connectivity index (χ2n) is 4.61. The van der Waals surface area contributed by atoms with Gasteiger partial charge in [-0.15, -0.1) is 0 Å². The van der Waals surface area contributed by atoms with Gasteiger partial charge in [0.25, 0.3) is 0 Å². The first-order valence-electron chi connectivity index (χ1n) is 6.59. The van der Waals surface area contributed by atoms with Crippen molar-refractivity contribution in [1.82, 2.24) is 15.5 Å². The quantitative estimate of drug-likeness (QED) is 0.872. The summed E-state index contributed by atoms with van der Waals surface area (Å²) in [4.78, 5) is 4.37. The van der Waals surface area contributed by atoms with E-state index < -0.39 is 0 Å². The van der Waals surface area contributed by atoms with Gasteiger partial charge in [-0.1, -0.05) is 18.5 Å². The Bertz CT molecular complexity index is 573. The molecule has 0 radical (unpaired) electrons. The molecule has 1 aromatic heterocycles. The highest BCUT2D eigenvalue weighted by Gasteiger charge is 2.15. The molecular weight excluding hydrogens is 325 g/mol. The van der Waals surface area contributed by atoms with Crippen LogP contribution in [0, 0.1) is 5.82 Å². The summed E-state index contributed by atoms with van der Waals surface area (Å²) >= 11 is 3.31. The van der Waals surface area contributed by atoms with Crippen LogP contribution < -0.4 is 5.32 Å². The van der Waals surface area contributed by atoms with Crippen molar-refractivity contribution in [1.29, 1.82) is 0 Å². The fraction of sp³-hybridized carbons (Fsp3) is 0.429. The zero-order valence-electron chi connectivity index (χ0n) is 11.5. The average Bonchev–Trinajstić information content (AvgIpc) is 2.86. The summed E-state index contributed by atoms with van der Waals surface area (Å²) in [5, 5.41) is 7.19. The molecule has 0 saturated carbocycles. The number of nitrogens with zero attached hydrogens (tertiary/aromatic N) is 2. The fourth-order valence-electron chi connectivity index (χ4n) is 2.03. The van der Waals surface area contributed by atoms with Crippen molar-refractivity contribution in [3.05, 3.63) is 34.4 Å². The molecule has 2 rings (SSSR count). The number of hydrogen-bond acceptors (Lipinski definition) is 4. The number of hydrogen-bond donors (Lipinski definition) is 1. The van der Waals surface area contributed by atoms with Gasteiger partial charge >= 0.3 is 0 Å². The molecule has 0 aliphatic heterocycles. The van der Waals surface area contributed by atoms with Crippen LogP contribution >= 0.6 is 15.9 Å². The maximum Gasteiger partial charge on any atom is 0.228 e. The van der Waals surface area contributed by atoms with Crippen LogP contribution in [0.4, 0.5) is 4.39 Å². The molecule has 1 unspecified atom stereocenters. The van der Waals surface area contributed by atoms with E-state index in [1.807, 2.05) is 7.05 Å². The molecule has 0 bridgehead atoms. The van der Waals surface area contributed by atoms with Crippen LogP contribution in [0.1, 0.15) is 25.7 Å². The molecular formula is C14H17BrFN3O. The molecule has 20 heavy (non-hydrogen) atoms. The van der Waals surface area contributed by atoms with Gasteiger partial charge in [0.15, 0.2) is 0 Å². The highest BCUT2D eigenvalue weighted by Crippen LogP contribution is 2.26. The largest absolute Gasteiger partial charge is 0.339 e. The zero-order valence-corrected chi connectivity index (χ0v) is 13.1. The first kappa shape index (κ1) is 15.1. The highest BCUT2D eigenvalue weighted by atomic mass is 79.9. The number of benzene rings is 1. The summed E-state index contributed by atoms with van der Waals surface area (Å²) in [6.45, 7) is 2.14. The number of likely N-dealkylation sites (N-methyl/N-ethyl adjacent to an activating group) is 1. The molecule has 0 spiro atoms. The average molecular weight is 342 g/mol. The smallest absolute Gasteiger partial charge is 0.228 e. The van der Waals surface area contributed by atoms with Crippen molar-refractivity contribution in [2.75, 3.05) is 7.05 Å². The second-order valence-corrected chi connectivity index (χ2v) is 5.47. The van der Waals surface area contributed by atoms with Gasteiger partial charge in [-0.2, -0.15) is 4.98 Å². The molecule has 0 aliphatic rings. The van der Waals surface area contributed by atoms with E-state index in [1.165, 1.54) is 12.1 Å². The summed E-state index contributed by atoms with van der Waals surface area (Å²) < 4.78 is 19.0. The Morgan fingerprint density at radius 2 is 2.25 bits per heavy atom. The summed E-state index contributed by atoms with van der Waals surface area (Å²) in [6.07, 6.45) is 2.83. The molecule has 1 heterocycles. The van der Waals surface area contributed by atoms with Gasteiger partial charge in [0.05, 0.1) is 0 Å². The van der Waals surface area contributed by atoms with Crippen LogP contribution in [0.3, 0.4) is 0 Å². The molecule has 1 aromatic carbocycles. The third-order valence-electron chi connectivity index (χ3n) is 3.11. The van der Waals surface area contributed by atoms with Crippen molar-refractivity contribution in [2.24, 2.45) is 0 Å². The van der Waals surface area contributed by atoms with Gasteiger partial charge in [0.2, 0.25) is 11.7 Å². The van der Waals surface area contributed by atoms with Crippen LogP contribution in [0.25, 0.3) is 11.4 Å². The van der Waals surface area contributed by atoms with Gasteiger partial charge in [0, 0.05) is 22.5 Å². The SMILES string of the molecule is CCCC(Cc1nc(-c2ccc(F)cc2Br)no1)NC. The molecule has 0 amide bonds. The number of halogens is 2. The third-order valence-corrected chi connectivity index (χ3v) is 3.76. The van der Waals surface area contributed by atoms with Crippen LogP contribution in [0.2, 0.25) is 0 Å². The predicted octanol–water partition coefficient (Wildman–Crippen LogP) is 3.57. The van der Waals surface area contributed by atoms with Gasteiger partial charge in [-0.3, -0.25) is 0 Å². The number of nitrogens with one attached hydrogen (secondary N) is 1. The van der Waals surface area contributed by atoms with Crippen LogP contribution in [-0.4, -0.2) is 23.2 Å². The fourth-order valence-corrected chi connectivity index (χ4v) is 2.55. The van der Waals surface area contributed by atoms with Gasteiger partial charge in [0.1, 0.15) is 5.82 Å². The summed E-state index contributed by atoms with van der Waals surface area (Å²) in [5.41, 5.74) is 0.720. The third kappa shape index (κ3) is 3.64. The normalized spacial score (nSPS) is 12.6. The first-order valence-corrected chi connectivity index (χ1v) is 7.38. The van der Waals surface area contributed by atoms with E-state index >= 15 is 0 Å². The molecule has 108 valence electrons. The Hall–Kier alpha value is -1.27. The Balaban J connectivity index is 2.16. The maximum absolute atomic E-state index is 13.1. The zero-order chi connectivity index (χ0) is 14.5. The van der Waals surface area contributed by atoms with Gasteiger partial charge < -0.3 is 9.84 Å². The topological polar surface area (TPSA) is 51.0 Å². The van der Waals surface area contributed by atoms with Crippen molar-refractivity contribution >= 4 is 15.9 Å². The highest BCUT2D eigenvalue weighted by molar-refractivity contribution is 9.10. The number of aromatic nitrogens is 2. The molecule has 0 aliphatic carbocycles. The van der Waals surface area contributed by atoms with E-state index in [9.17, 15) is 4.39 Å². The lowest BCUT2D eigenvalue weighted by molar-refractivity contribution is 0.356. The molecule has 6 heteroatoms. The van der Waals surface area contributed by atoms with Crippen LogP contribution in [0.15, 0.2) is 27.2 Å². The Morgan fingerprint density at radius 1 is 1.45 bits per heavy atom. The number of rotatable bonds is 6. The van der Waals surface area contributed by atoms with E-state index in [0.717, 1.165) is 18.4 Å². The minimum Gasteiger partial charge on any atom is -0.339 e. The maximum atomic E-state index is 13.1. The van der Waals surface area contributed by atoms with Crippen molar-refractivity contribution in [2.45, 2.75) is 32.2 Å². The van der Waals surface area contributed by atoms with E-state index in [1.54, 1.807) is 6.07 Å². The molecule has 0 saturated heterocycles. The van der Waals surface area contributed by atoms with E-state index in [4.69, 9.17) is 4.52 Å². The molecule has 1 N–H and O–H groups in total. The van der Waals surface area contributed by atoms with E-state index in [2.05, 4.69) is 38.3 Å². The predicted molar refractivity (Wildman–Crippen MR) is 78.9 cm³/mol. The summed E-state index contributed by atoms with van der Waals surface area (Å²) in [7, 11) is 1.92. The standard InChI is InChI=1S/C14H17BrFN3O/c1-3-4-10(17-2)8-13-18-14(19-20-13)11-6-5-9(16)7-12(11)15/h5-7,10,17H,3-4,8H2,1-2H3. The van der Waals surface area contributed by atoms with Crippen LogP contribution in [-0.2, 0) is 6.42 Å². The molecule has 2 aromatic rings. The van der Waals surface area contributed by atoms with Crippen LogP contribution in [0.5, 0.6) is 0 Å². The first-order chi connectivity index (χ1) is 9.63. The Kier molecular flexibility index (Phi) is 5.25. The van der Waals surface area contributed by atoms with Gasteiger partial charge in [-0.05, 0) is 47.6 Å². The monoisotopic (exact) mass is 341 g/mol. The van der Waals surface area contributed by atoms with Gasteiger partial charge in [-0.25, -0.2) is 4.39 Å². The molecule has 0 fully saturated rings. The van der Waals surface area contributed by atoms with Crippen molar-refractivity contribution < 1.29 is 8.91 Å². The lowest BCUT2D eigenvalue weighted by atomic mass is 10.1. The van der Waals surface area contributed by atoms with E-state index in [0.29, 0.717) is 28.7 Å². The minimum absolute atomic E-state index is 0.303. The molecule has 1 atom stereocenters.